The Morgan fingerprint density at radius 1 is 1.15 bits per heavy atom. The predicted octanol–water partition coefficient (Wildman–Crippen LogP) is 2.67. The van der Waals surface area contributed by atoms with Crippen molar-refractivity contribution in [2.75, 3.05) is 19.6 Å². The van der Waals surface area contributed by atoms with E-state index < -0.39 is 0 Å². The highest BCUT2D eigenvalue weighted by Gasteiger charge is 2.22. The van der Waals surface area contributed by atoms with E-state index in [1.165, 1.54) is 30.4 Å². The molecule has 1 heterocycles. The van der Waals surface area contributed by atoms with Crippen LogP contribution in [-0.2, 0) is 11.2 Å². The minimum Gasteiger partial charge on any atom is -0.342 e. The number of fused-ring (bicyclic) bond motifs is 1. The van der Waals surface area contributed by atoms with E-state index in [4.69, 9.17) is 0 Å². The molecule has 1 saturated heterocycles. The van der Waals surface area contributed by atoms with E-state index in [0.717, 1.165) is 32.4 Å². The van der Waals surface area contributed by atoms with Gasteiger partial charge in [0.15, 0.2) is 0 Å². The van der Waals surface area contributed by atoms with Crippen LogP contribution in [0, 0.1) is 0 Å². The van der Waals surface area contributed by atoms with Crippen LogP contribution >= 0.6 is 0 Å². The van der Waals surface area contributed by atoms with Gasteiger partial charge in [-0.3, -0.25) is 4.79 Å². The molecule has 1 unspecified atom stereocenters. The summed E-state index contributed by atoms with van der Waals surface area (Å²) in [7, 11) is 0. The molecule has 0 radical (unpaired) electrons. The van der Waals surface area contributed by atoms with Gasteiger partial charge in [0.25, 0.3) is 0 Å². The topological polar surface area (TPSA) is 32.3 Å². The highest BCUT2D eigenvalue weighted by Crippen LogP contribution is 2.29. The van der Waals surface area contributed by atoms with Gasteiger partial charge in [-0.1, -0.05) is 24.3 Å². The van der Waals surface area contributed by atoms with Crippen molar-refractivity contribution in [3.05, 3.63) is 35.4 Å². The van der Waals surface area contributed by atoms with Crippen LogP contribution in [0.4, 0.5) is 0 Å². The molecule has 3 heteroatoms. The van der Waals surface area contributed by atoms with Gasteiger partial charge in [-0.2, -0.15) is 0 Å². The number of carbonyl (C=O) groups is 1. The highest BCUT2D eigenvalue weighted by atomic mass is 16.2. The van der Waals surface area contributed by atoms with Crippen molar-refractivity contribution < 1.29 is 4.79 Å². The normalized spacial score (nSPS) is 22.4. The summed E-state index contributed by atoms with van der Waals surface area (Å²) in [5.74, 6) is 0.271. The number of amides is 1. The number of likely N-dealkylation sites (tertiary alicyclic amines) is 1. The molecule has 108 valence electrons. The van der Waals surface area contributed by atoms with Crippen molar-refractivity contribution >= 4 is 5.91 Å². The van der Waals surface area contributed by atoms with Crippen molar-refractivity contribution in [1.82, 2.24) is 10.2 Å². The lowest BCUT2D eigenvalue weighted by Gasteiger charge is -2.30. The summed E-state index contributed by atoms with van der Waals surface area (Å²) in [6.45, 7) is 2.38. The molecule has 1 amide bonds. The predicted molar refractivity (Wildman–Crippen MR) is 80.6 cm³/mol. The average molecular weight is 272 g/mol. The van der Waals surface area contributed by atoms with Gasteiger partial charge in [0.05, 0.1) is 6.54 Å². The number of nitrogens with zero attached hydrogens (tertiary/aromatic N) is 1. The van der Waals surface area contributed by atoms with E-state index in [0.29, 0.717) is 12.6 Å². The quantitative estimate of drug-likeness (QED) is 0.917. The number of aryl methyl sites for hydroxylation is 1. The zero-order chi connectivity index (χ0) is 13.8. The van der Waals surface area contributed by atoms with Crippen LogP contribution < -0.4 is 5.32 Å². The third-order valence-corrected chi connectivity index (χ3v) is 4.58. The summed E-state index contributed by atoms with van der Waals surface area (Å²) < 4.78 is 0. The van der Waals surface area contributed by atoms with E-state index in [-0.39, 0.29) is 5.91 Å². The molecule has 1 atom stereocenters. The first kappa shape index (κ1) is 13.6. The molecular weight excluding hydrogens is 248 g/mol. The van der Waals surface area contributed by atoms with Crippen molar-refractivity contribution in [2.45, 2.75) is 44.6 Å². The second-order valence-electron chi connectivity index (χ2n) is 5.97. The molecule has 1 aliphatic carbocycles. The molecule has 20 heavy (non-hydrogen) atoms. The highest BCUT2D eigenvalue weighted by molar-refractivity contribution is 5.78. The van der Waals surface area contributed by atoms with Gasteiger partial charge in [0, 0.05) is 19.1 Å². The Hall–Kier alpha value is -1.35. The first-order valence-electron chi connectivity index (χ1n) is 7.93. The number of carbonyl (C=O) groups excluding carboxylic acids is 1. The fraction of sp³-hybridized carbons (Fsp3) is 0.588. The number of piperidine rings is 1. The lowest BCUT2D eigenvalue weighted by atomic mass is 9.88. The van der Waals surface area contributed by atoms with Crippen LogP contribution in [-0.4, -0.2) is 30.4 Å². The smallest absolute Gasteiger partial charge is 0.236 e. The monoisotopic (exact) mass is 272 g/mol. The first-order valence-corrected chi connectivity index (χ1v) is 7.93. The molecule has 3 nitrogen and oxygen atoms in total. The Balaban J connectivity index is 1.57. The second-order valence-corrected chi connectivity index (χ2v) is 5.97. The summed E-state index contributed by atoms with van der Waals surface area (Å²) in [4.78, 5) is 14.2. The van der Waals surface area contributed by atoms with Crippen LogP contribution in [0.2, 0.25) is 0 Å². The zero-order valence-electron chi connectivity index (χ0n) is 12.1. The third kappa shape index (κ3) is 3.04. The van der Waals surface area contributed by atoms with Crippen molar-refractivity contribution in [3.8, 4) is 0 Å². The lowest BCUT2D eigenvalue weighted by Crippen LogP contribution is -2.42. The minimum absolute atomic E-state index is 0.271. The standard InChI is InChI=1S/C17H24N2O/c20-17(19-11-4-1-5-12-19)13-18-16-10-6-8-14-7-2-3-9-15(14)16/h2-3,7,9,16,18H,1,4-6,8,10-13H2. The van der Waals surface area contributed by atoms with Crippen molar-refractivity contribution in [1.29, 1.82) is 0 Å². The third-order valence-electron chi connectivity index (χ3n) is 4.58. The maximum Gasteiger partial charge on any atom is 0.236 e. The average Bonchev–Trinajstić information content (AvgIpc) is 2.53. The molecule has 1 aromatic rings. The minimum atomic E-state index is 0.271. The summed E-state index contributed by atoms with van der Waals surface area (Å²) in [6.07, 6.45) is 7.13. The fourth-order valence-corrected chi connectivity index (χ4v) is 3.43. The molecule has 2 aliphatic rings. The molecule has 1 fully saturated rings. The van der Waals surface area contributed by atoms with Gasteiger partial charge in [-0.25, -0.2) is 0 Å². The van der Waals surface area contributed by atoms with Gasteiger partial charge < -0.3 is 10.2 Å². The number of nitrogens with one attached hydrogen (secondary N) is 1. The Morgan fingerprint density at radius 3 is 2.80 bits per heavy atom. The number of hydrogen-bond donors (Lipinski definition) is 1. The van der Waals surface area contributed by atoms with Crippen LogP contribution in [0.25, 0.3) is 0 Å². The number of benzene rings is 1. The van der Waals surface area contributed by atoms with Crippen LogP contribution in [0.5, 0.6) is 0 Å². The fourth-order valence-electron chi connectivity index (χ4n) is 3.43. The molecule has 0 aromatic heterocycles. The van der Waals surface area contributed by atoms with Gasteiger partial charge in [0.2, 0.25) is 5.91 Å². The van der Waals surface area contributed by atoms with E-state index in [2.05, 4.69) is 29.6 Å². The lowest BCUT2D eigenvalue weighted by molar-refractivity contribution is -0.131. The molecular formula is C17H24N2O. The summed E-state index contributed by atoms with van der Waals surface area (Å²) >= 11 is 0. The Bertz CT molecular complexity index is 466. The van der Waals surface area contributed by atoms with Gasteiger partial charge in [0.1, 0.15) is 0 Å². The molecule has 0 spiro atoms. The second kappa shape index (κ2) is 6.40. The van der Waals surface area contributed by atoms with Crippen molar-refractivity contribution in [2.24, 2.45) is 0 Å². The first-order chi connectivity index (χ1) is 9.84. The molecule has 1 N–H and O–H groups in total. The Kier molecular flexibility index (Phi) is 4.36. The number of hydrogen-bond acceptors (Lipinski definition) is 2. The van der Waals surface area contributed by atoms with Gasteiger partial charge in [-0.05, 0) is 49.7 Å². The summed E-state index contributed by atoms with van der Waals surface area (Å²) in [5, 5.41) is 3.48. The maximum absolute atomic E-state index is 12.2. The van der Waals surface area contributed by atoms with E-state index in [9.17, 15) is 4.79 Å². The zero-order valence-corrected chi connectivity index (χ0v) is 12.1. The maximum atomic E-state index is 12.2. The van der Waals surface area contributed by atoms with E-state index in [1.807, 2.05) is 4.90 Å². The van der Waals surface area contributed by atoms with Crippen LogP contribution in [0.1, 0.15) is 49.3 Å². The van der Waals surface area contributed by atoms with Gasteiger partial charge in [-0.15, -0.1) is 0 Å². The Labute approximate surface area is 121 Å². The summed E-state index contributed by atoms with van der Waals surface area (Å²) in [6, 6.07) is 8.99. The number of rotatable bonds is 3. The largest absolute Gasteiger partial charge is 0.342 e. The van der Waals surface area contributed by atoms with Crippen LogP contribution in [0.3, 0.4) is 0 Å². The van der Waals surface area contributed by atoms with E-state index >= 15 is 0 Å². The van der Waals surface area contributed by atoms with Gasteiger partial charge >= 0.3 is 0 Å². The SMILES string of the molecule is O=C(CNC1CCCc2ccccc21)N1CCCCC1. The molecule has 1 aromatic carbocycles. The molecule has 1 aliphatic heterocycles. The molecule has 3 rings (SSSR count). The Morgan fingerprint density at radius 2 is 1.95 bits per heavy atom. The molecule has 0 saturated carbocycles. The summed E-state index contributed by atoms with van der Waals surface area (Å²) in [5.41, 5.74) is 2.84. The van der Waals surface area contributed by atoms with Crippen molar-refractivity contribution in [3.63, 3.8) is 0 Å². The van der Waals surface area contributed by atoms with E-state index in [1.54, 1.807) is 0 Å². The molecule has 0 bridgehead atoms. The van der Waals surface area contributed by atoms with Crippen LogP contribution in [0.15, 0.2) is 24.3 Å².